The summed E-state index contributed by atoms with van der Waals surface area (Å²) in [5.41, 5.74) is 2.88. The first-order chi connectivity index (χ1) is 13.5. The second-order valence-corrected chi connectivity index (χ2v) is 7.83. The van der Waals surface area contributed by atoms with E-state index in [9.17, 15) is 4.79 Å². The smallest absolute Gasteiger partial charge is 0.229 e. The number of fused-ring (bicyclic) bond motifs is 1. The molecule has 2 heterocycles. The zero-order chi connectivity index (χ0) is 19.7. The number of aryl methyl sites for hydroxylation is 1. The van der Waals surface area contributed by atoms with Gasteiger partial charge < -0.3 is 4.90 Å². The van der Waals surface area contributed by atoms with Gasteiger partial charge in [-0.25, -0.2) is 9.97 Å². The lowest BCUT2D eigenvalue weighted by atomic mass is 9.85. The van der Waals surface area contributed by atoms with E-state index >= 15 is 0 Å². The van der Waals surface area contributed by atoms with Crippen molar-refractivity contribution in [3.8, 4) is 11.1 Å². The molecule has 0 radical (unpaired) electrons. The van der Waals surface area contributed by atoms with Crippen molar-refractivity contribution in [1.29, 1.82) is 0 Å². The number of hydrogen-bond acceptors (Lipinski definition) is 5. The summed E-state index contributed by atoms with van der Waals surface area (Å²) in [4.78, 5) is 23.8. The van der Waals surface area contributed by atoms with Gasteiger partial charge in [0.1, 0.15) is 0 Å². The van der Waals surface area contributed by atoms with Gasteiger partial charge in [0.2, 0.25) is 11.9 Å². The van der Waals surface area contributed by atoms with E-state index in [-0.39, 0.29) is 11.8 Å². The van der Waals surface area contributed by atoms with E-state index in [1.165, 1.54) is 0 Å². The first-order valence-corrected chi connectivity index (χ1v) is 9.73. The molecule has 28 heavy (non-hydrogen) atoms. The van der Waals surface area contributed by atoms with Crippen molar-refractivity contribution in [2.45, 2.75) is 31.7 Å². The van der Waals surface area contributed by atoms with Gasteiger partial charge in [0, 0.05) is 42.4 Å². The van der Waals surface area contributed by atoms with Gasteiger partial charge in [0.05, 0.1) is 11.7 Å². The van der Waals surface area contributed by atoms with Crippen LogP contribution in [0.3, 0.4) is 0 Å². The molecule has 1 N–H and O–H groups in total. The molecule has 0 unspecified atom stereocenters. The van der Waals surface area contributed by atoms with Crippen molar-refractivity contribution in [3.63, 3.8) is 0 Å². The van der Waals surface area contributed by atoms with Crippen LogP contribution in [0, 0.1) is 5.92 Å². The van der Waals surface area contributed by atoms with Crippen LogP contribution in [0.5, 0.6) is 0 Å². The summed E-state index contributed by atoms with van der Waals surface area (Å²) in [5, 5.41) is 8.08. The Morgan fingerprint density at radius 1 is 1.14 bits per heavy atom. The Bertz CT molecular complexity index is 987. The quantitative estimate of drug-likeness (QED) is 0.755. The number of rotatable bonds is 4. The summed E-state index contributed by atoms with van der Waals surface area (Å²) < 4.78 is 1.77. The van der Waals surface area contributed by atoms with Gasteiger partial charge in [-0.15, -0.1) is 0 Å². The summed E-state index contributed by atoms with van der Waals surface area (Å²) in [5.74, 6) is 0.438. The Balaban J connectivity index is 1.49. The molecule has 0 bridgehead atoms. The number of aromatic nitrogens is 4. The Hall–Kier alpha value is -2.80. The summed E-state index contributed by atoms with van der Waals surface area (Å²) in [6.07, 6.45) is 9.48. The van der Waals surface area contributed by atoms with Crippen LogP contribution in [-0.2, 0) is 11.8 Å². The normalized spacial score (nSPS) is 19.9. The second-order valence-electron chi connectivity index (χ2n) is 7.83. The second kappa shape index (κ2) is 7.67. The zero-order valence-electron chi connectivity index (χ0n) is 16.6. The molecule has 2 aromatic heterocycles. The molecule has 1 aliphatic rings. The molecule has 1 fully saturated rings. The highest BCUT2D eigenvalue weighted by molar-refractivity contribution is 5.92. The fourth-order valence-electron chi connectivity index (χ4n) is 3.90. The van der Waals surface area contributed by atoms with E-state index in [2.05, 4.69) is 39.4 Å². The molecular weight excluding hydrogens is 352 g/mol. The highest BCUT2D eigenvalue weighted by Crippen LogP contribution is 2.28. The molecule has 0 aliphatic heterocycles. The van der Waals surface area contributed by atoms with Crippen LogP contribution in [0.15, 0.2) is 36.8 Å². The molecule has 4 rings (SSSR count). The lowest BCUT2D eigenvalue weighted by Gasteiger charge is -2.31. The van der Waals surface area contributed by atoms with Crippen molar-refractivity contribution < 1.29 is 4.79 Å². The Morgan fingerprint density at radius 2 is 1.93 bits per heavy atom. The van der Waals surface area contributed by atoms with Crippen LogP contribution in [0.2, 0.25) is 0 Å². The van der Waals surface area contributed by atoms with Gasteiger partial charge in [-0.1, -0.05) is 12.1 Å². The van der Waals surface area contributed by atoms with Gasteiger partial charge in [0.15, 0.2) is 0 Å². The van der Waals surface area contributed by atoms with Gasteiger partial charge >= 0.3 is 0 Å². The minimum absolute atomic E-state index is 0.0278. The Morgan fingerprint density at radius 3 is 2.61 bits per heavy atom. The van der Waals surface area contributed by atoms with Crippen LogP contribution in [0.25, 0.3) is 22.0 Å². The third kappa shape index (κ3) is 3.89. The van der Waals surface area contributed by atoms with Crippen molar-refractivity contribution in [2.24, 2.45) is 13.0 Å². The maximum Gasteiger partial charge on any atom is 0.229 e. The number of anilines is 1. The van der Waals surface area contributed by atoms with E-state index in [4.69, 9.17) is 0 Å². The third-order valence-corrected chi connectivity index (χ3v) is 5.65. The van der Waals surface area contributed by atoms with Crippen LogP contribution in [0.1, 0.15) is 25.7 Å². The van der Waals surface area contributed by atoms with E-state index in [0.29, 0.717) is 12.0 Å². The topological polar surface area (TPSA) is 75.9 Å². The predicted octanol–water partition coefficient (Wildman–Crippen LogP) is 3.09. The van der Waals surface area contributed by atoms with Gasteiger partial charge in [0.25, 0.3) is 0 Å². The Labute approximate surface area is 164 Å². The van der Waals surface area contributed by atoms with Crippen molar-refractivity contribution >= 4 is 22.8 Å². The summed E-state index contributed by atoms with van der Waals surface area (Å²) in [6.45, 7) is 0. The van der Waals surface area contributed by atoms with E-state index in [1.807, 2.05) is 37.6 Å². The maximum absolute atomic E-state index is 12.7. The molecule has 1 saturated carbocycles. The van der Waals surface area contributed by atoms with E-state index < -0.39 is 0 Å². The fourth-order valence-corrected chi connectivity index (χ4v) is 3.90. The summed E-state index contributed by atoms with van der Waals surface area (Å²) in [6, 6.07) is 6.61. The molecule has 1 amide bonds. The number of nitrogens with zero attached hydrogens (tertiary/aromatic N) is 5. The summed E-state index contributed by atoms with van der Waals surface area (Å²) in [7, 11) is 6.11. The number of benzene rings is 1. The fraction of sp³-hybridized carbons (Fsp3) is 0.429. The molecule has 146 valence electrons. The molecule has 1 aliphatic carbocycles. The number of hydrogen-bond donors (Lipinski definition) is 1. The van der Waals surface area contributed by atoms with Gasteiger partial charge in [-0.05, 0) is 51.4 Å². The molecule has 3 aromatic rings. The number of carbonyl (C=O) groups is 1. The SMILES string of the molecule is CN(C)C1CCC(C(=O)Nc2ncc3ccc(-c4cnn(C)c4)cc3n2)CC1. The largest absolute Gasteiger partial charge is 0.306 e. The molecule has 0 atom stereocenters. The zero-order valence-corrected chi connectivity index (χ0v) is 16.6. The molecule has 7 nitrogen and oxygen atoms in total. The van der Waals surface area contributed by atoms with Crippen molar-refractivity contribution in [3.05, 3.63) is 36.8 Å². The Kier molecular flexibility index (Phi) is 5.09. The molecular formula is C21H26N6O. The predicted molar refractivity (Wildman–Crippen MR) is 110 cm³/mol. The third-order valence-electron chi connectivity index (χ3n) is 5.65. The highest BCUT2D eigenvalue weighted by Gasteiger charge is 2.27. The molecule has 7 heteroatoms. The molecule has 1 aromatic carbocycles. The van der Waals surface area contributed by atoms with E-state index in [0.717, 1.165) is 47.7 Å². The molecule has 0 saturated heterocycles. The van der Waals surface area contributed by atoms with Crippen molar-refractivity contribution in [1.82, 2.24) is 24.6 Å². The van der Waals surface area contributed by atoms with Crippen LogP contribution >= 0.6 is 0 Å². The van der Waals surface area contributed by atoms with E-state index in [1.54, 1.807) is 10.9 Å². The van der Waals surface area contributed by atoms with Crippen LogP contribution < -0.4 is 5.32 Å². The minimum atomic E-state index is 0.0278. The monoisotopic (exact) mass is 378 g/mol. The number of amides is 1. The number of carbonyl (C=O) groups excluding carboxylic acids is 1. The maximum atomic E-state index is 12.7. The van der Waals surface area contributed by atoms with Gasteiger partial charge in [-0.3, -0.25) is 14.8 Å². The minimum Gasteiger partial charge on any atom is -0.306 e. The van der Waals surface area contributed by atoms with Gasteiger partial charge in [-0.2, -0.15) is 5.10 Å². The average Bonchev–Trinajstić information content (AvgIpc) is 3.14. The first-order valence-electron chi connectivity index (χ1n) is 9.73. The lowest BCUT2D eigenvalue weighted by molar-refractivity contribution is -0.121. The van der Waals surface area contributed by atoms with Crippen LogP contribution in [-0.4, -0.2) is 50.7 Å². The number of nitrogens with one attached hydrogen (secondary N) is 1. The highest BCUT2D eigenvalue weighted by atomic mass is 16.2. The van der Waals surface area contributed by atoms with Crippen molar-refractivity contribution in [2.75, 3.05) is 19.4 Å². The summed E-state index contributed by atoms with van der Waals surface area (Å²) >= 11 is 0. The first kappa shape index (κ1) is 18.6. The average molecular weight is 378 g/mol. The lowest BCUT2D eigenvalue weighted by Crippen LogP contribution is -2.35. The molecule has 0 spiro atoms. The standard InChI is InChI=1S/C21H26N6O/c1-26(2)18-8-6-14(7-9-18)20(28)25-21-22-11-16-5-4-15(10-19(16)24-21)17-12-23-27(3)13-17/h4-5,10-14,18H,6-9H2,1-3H3,(H,22,24,25,28). The van der Waals surface area contributed by atoms with Crippen LogP contribution in [0.4, 0.5) is 5.95 Å².